The van der Waals surface area contributed by atoms with E-state index in [0.717, 1.165) is 36.7 Å². The standard InChI is InChI=1S/C25H31N5O3/c1-33-15-12-26-23-7-5-6-21(28-23)19-16-22(25(32)27-17-19)29-24(31)18-8-10-20(11-9-18)30-13-3-2-4-14-30/h5-11,16-17,21,26,28H,2-4,12-15H2,1H3,(H,27,32)(H,29,31)/p+1. The molecule has 174 valence electrons. The summed E-state index contributed by atoms with van der Waals surface area (Å²) in [7, 11) is 1.68. The first-order chi connectivity index (χ1) is 16.1. The minimum atomic E-state index is -0.334. The van der Waals surface area contributed by atoms with Crippen LogP contribution < -0.4 is 26.4 Å². The number of anilines is 2. The van der Waals surface area contributed by atoms with Gasteiger partial charge in [0.15, 0.2) is 5.82 Å². The van der Waals surface area contributed by atoms with Gasteiger partial charge in [-0.1, -0.05) is 12.2 Å². The monoisotopic (exact) mass is 450 g/mol. The number of amides is 1. The quantitative estimate of drug-likeness (QED) is 0.460. The van der Waals surface area contributed by atoms with Crippen molar-refractivity contribution in [1.29, 1.82) is 0 Å². The summed E-state index contributed by atoms with van der Waals surface area (Å²) in [5.41, 5.74) is 2.40. The summed E-state index contributed by atoms with van der Waals surface area (Å²) in [6, 6.07) is 9.20. The zero-order valence-electron chi connectivity index (χ0n) is 19.0. The van der Waals surface area contributed by atoms with Crippen molar-refractivity contribution in [3.05, 3.63) is 82.1 Å². The molecule has 33 heavy (non-hydrogen) atoms. The molecular formula is C25H32N5O3+. The van der Waals surface area contributed by atoms with Crippen LogP contribution >= 0.6 is 0 Å². The number of methoxy groups -OCH3 is 1. The van der Waals surface area contributed by atoms with Crippen molar-refractivity contribution in [3.63, 3.8) is 0 Å². The van der Waals surface area contributed by atoms with Gasteiger partial charge in [0, 0.05) is 43.7 Å². The number of nitrogens with zero attached hydrogens (tertiary/aromatic N) is 1. The van der Waals surface area contributed by atoms with E-state index in [9.17, 15) is 9.59 Å². The van der Waals surface area contributed by atoms with Gasteiger partial charge in [0.1, 0.15) is 12.2 Å². The third-order valence-corrected chi connectivity index (χ3v) is 5.97. The van der Waals surface area contributed by atoms with E-state index in [1.807, 2.05) is 42.5 Å². The summed E-state index contributed by atoms with van der Waals surface area (Å²) in [4.78, 5) is 30.3. The van der Waals surface area contributed by atoms with E-state index >= 15 is 0 Å². The second kappa shape index (κ2) is 11.0. The summed E-state index contributed by atoms with van der Waals surface area (Å²) in [6.07, 6.45) is 11.3. The Balaban J connectivity index is 1.42. The van der Waals surface area contributed by atoms with Gasteiger partial charge in [-0.15, -0.1) is 0 Å². The summed E-state index contributed by atoms with van der Waals surface area (Å²) in [5, 5.41) is 8.26. The average molecular weight is 451 g/mol. The number of aromatic amines is 1. The Labute approximate surface area is 193 Å². The highest BCUT2D eigenvalue weighted by molar-refractivity contribution is 6.04. The number of rotatable bonds is 8. The number of carbonyl (C=O) groups is 1. The van der Waals surface area contributed by atoms with Crippen molar-refractivity contribution < 1.29 is 14.8 Å². The number of allylic oxidation sites excluding steroid dienone is 2. The van der Waals surface area contributed by atoms with Crippen molar-refractivity contribution in [1.82, 2.24) is 10.3 Å². The molecule has 0 aliphatic carbocycles. The maximum atomic E-state index is 12.8. The van der Waals surface area contributed by atoms with Gasteiger partial charge < -0.3 is 25.3 Å². The molecule has 3 heterocycles. The lowest BCUT2D eigenvalue weighted by Crippen LogP contribution is -2.85. The van der Waals surface area contributed by atoms with Gasteiger partial charge in [-0.2, -0.15) is 0 Å². The number of nitrogens with two attached hydrogens (primary N) is 1. The van der Waals surface area contributed by atoms with E-state index in [0.29, 0.717) is 12.2 Å². The molecule has 2 aromatic rings. The molecule has 1 aromatic carbocycles. The zero-order valence-corrected chi connectivity index (χ0v) is 19.0. The van der Waals surface area contributed by atoms with Gasteiger partial charge in [0.2, 0.25) is 0 Å². The van der Waals surface area contributed by atoms with Crippen LogP contribution in [0.4, 0.5) is 11.4 Å². The first-order valence-electron chi connectivity index (χ1n) is 11.5. The molecule has 1 saturated heterocycles. The van der Waals surface area contributed by atoms with Crippen LogP contribution in [0.25, 0.3) is 0 Å². The molecule has 0 radical (unpaired) electrons. The summed E-state index contributed by atoms with van der Waals surface area (Å²) < 4.78 is 5.10. The highest BCUT2D eigenvalue weighted by Crippen LogP contribution is 2.21. The predicted octanol–water partition coefficient (Wildman–Crippen LogP) is 1.87. The molecule has 1 aromatic heterocycles. The molecule has 1 amide bonds. The second-order valence-electron chi connectivity index (χ2n) is 8.34. The lowest BCUT2D eigenvalue weighted by Gasteiger charge is -2.28. The normalized spacial score (nSPS) is 17.9. The Morgan fingerprint density at radius 2 is 2.00 bits per heavy atom. The number of aromatic nitrogens is 1. The number of H-pyrrole nitrogens is 1. The summed E-state index contributed by atoms with van der Waals surface area (Å²) in [5.74, 6) is 0.689. The highest BCUT2D eigenvalue weighted by atomic mass is 16.5. The third kappa shape index (κ3) is 5.91. The number of quaternary nitrogens is 1. The van der Waals surface area contributed by atoms with E-state index in [1.165, 1.54) is 19.3 Å². The van der Waals surface area contributed by atoms with Gasteiger partial charge in [0.25, 0.3) is 11.5 Å². The number of dihydropyridines is 1. The maximum absolute atomic E-state index is 12.8. The van der Waals surface area contributed by atoms with Crippen LogP contribution in [0.3, 0.4) is 0 Å². The van der Waals surface area contributed by atoms with E-state index in [-0.39, 0.29) is 23.2 Å². The van der Waals surface area contributed by atoms with Crippen LogP contribution in [0, 0.1) is 0 Å². The second-order valence-corrected chi connectivity index (χ2v) is 8.34. The average Bonchev–Trinajstić information content (AvgIpc) is 2.86. The first kappa shape index (κ1) is 22.8. The molecule has 5 N–H and O–H groups in total. The van der Waals surface area contributed by atoms with Crippen molar-refractivity contribution in [3.8, 4) is 0 Å². The molecule has 2 aliphatic rings. The largest absolute Gasteiger partial charge is 0.379 e. The SMILES string of the molecule is COCC[NH2+]C1=CC=CC(c2c[nH]c(=O)c(NC(=O)c3ccc(N4CCCCC4)cc3)c2)N1. The first-order valence-corrected chi connectivity index (χ1v) is 11.5. The van der Waals surface area contributed by atoms with Gasteiger partial charge in [0.05, 0.1) is 12.6 Å². The molecule has 2 aliphatic heterocycles. The molecule has 0 spiro atoms. The number of carbonyl (C=O) groups excluding carboxylic acids is 1. The molecule has 1 fully saturated rings. The Kier molecular flexibility index (Phi) is 7.59. The minimum Gasteiger partial charge on any atom is -0.379 e. The van der Waals surface area contributed by atoms with Crippen LogP contribution in [-0.2, 0) is 4.74 Å². The van der Waals surface area contributed by atoms with E-state index in [4.69, 9.17) is 4.74 Å². The smallest absolute Gasteiger partial charge is 0.271 e. The fourth-order valence-corrected chi connectivity index (χ4v) is 4.14. The fourth-order valence-electron chi connectivity index (χ4n) is 4.14. The Morgan fingerprint density at radius 3 is 2.76 bits per heavy atom. The molecule has 0 bridgehead atoms. The number of hydrogen-bond donors (Lipinski definition) is 4. The number of ether oxygens (including phenoxy) is 1. The van der Waals surface area contributed by atoms with Crippen LogP contribution in [0.5, 0.6) is 0 Å². The van der Waals surface area contributed by atoms with Gasteiger partial charge in [-0.25, -0.2) is 0 Å². The van der Waals surface area contributed by atoms with E-state index in [2.05, 4.69) is 25.8 Å². The summed E-state index contributed by atoms with van der Waals surface area (Å²) >= 11 is 0. The number of piperidine rings is 1. The number of benzene rings is 1. The van der Waals surface area contributed by atoms with Gasteiger partial charge >= 0.3 is 0 Å². The van der Waals surface area contributed by atoms with Crippen LogP contribution in [-0.4, -0.2) is 44.2 Å². The number of nitrogens with one attached hydrogen (secondary N) is 3. The maximum Gasteiger partial charge on any atom is 0.271 e. The van der Waals surface area contributed by atoms with Crippen molar-refractivity contribution >= 4 is 17.3 Å². The van der Waals surface area contributed by atoms with Crippen LogP contribution in [0.2, 0.25) is 0 Å². The Hall–Kier alpha value is -3.36. The number of hydrogen-bond acceptors (Lipinski definition) is 5. The lowest BCUT2D eigenvalue weighted by atomic mass is 10.1. The van der Waals surface area contributed by atoms with Crippen molar-refractivity contribution in [2.24, 2.45) is 0 Å². The molecule has 1 atom stereocenters. The van der Waals surface area contributed by atoms with Crippen molar-refractivity contribution in [2.75, 3.05) is 43.6 Å². The molecule has 8 nitrogen and oxygen atoms in total. The molecule has 8 heteroatoms. The minimum absolute atomic E-state index is 0.111. The van der Waals surface area contributed by atoms with Gasteiger partial charge in [-0.3, -0.25) is 14.9 Å². The number of pyridine rings is 1. The fraction of sp³-hybridized carbons (Fsp3) is 0.360. The molecule has 1 unspecified atom stereocenters. The highest BCUT2D eigenvalue weighted by Gasteiger charge is 2.17. The van der Waals surface area contributed by atoms with Crippen molar-refractivity contribution in [2.45, 2.75) is 25.3 Å². The molecule has 4 rings (SSSR count). The van der Waals surface area contributed by atoms with Crippen LogP contribution in [0.15, 0.2) is 65.4 Å². The lowest BCUT2D eigenvalue weighted by molar-refractivity contribution is -0.613. The third-order valence-electron chi connectivity index (χ3n) is 5.97. The Bertz CT molecular complexity index is 1070. The predicted molar refractivity (Wildman–Crippen MR) is 129 cm³/mol. The van der Waals surface area contributed by atoms with Gasteiger partial charge in [-0.05, 0) is 55.2 Å². The molecular weight excluding hydrogens is 418 g/mol. The molecule has 0 saturated carbocycles. The summed E-state index contributed by atoms with van der Waals surface area (Å²) in [6.45, 7) is 3.57. The van der Waals surface area contributed by atoms with E-state index in [1.54, 1.807) is 19.4 Å². The topological polar surface area (TPSA) is 103 Å². The zero-order chi connectivity index (χ0) is 23.0. The Morgan fingerprint density at radius 1 is 1.21 bits per heavy atom. The van der Waals surface area contributed by atoms with Crippen LogP contribution in [0.1, 0.15) is 41.2 Å². The van der Waals surface area contributed by atoms with E-state index < -0.39 is 0 Å².